The van der Waals surface area contributed by atoms with Crippen LogP contribution in [0.2, 0.25) is 15.1 Å². The summed E-state index contributed by atoms with van der Waals surface area (Å²) in [4.78, 5) is 0.129. The minimum Gasteiger partial charge on any atom is -0.313 e. The van der Waals surface area contributed by atoms with E-state index in [4.69, 9.17) is 34.8 Å². The third kappa shape index (κ3) is 3.36. The molecule has 28 heavy (non-hydrogen) atoms. The maximum absolute atomic E-state index is 13.5. The largest absolute Gasteiger partial charge is 0.313 e. The fraction of sp³-hybridized carbons (Fsp3) is 0.200. The van der Waals surface area contributed by atoms with E-state index >= 15 is 0 Å². The fourth-order valence-electron chi connectivity index (χ4n) is 3.77. The summed E-state index contributed by atoms with van der Waals surface area (Å²) >= 11 is 18.4. The highest BCUT2D eigenvalue weighted by molar-refractivity contribution is 7.90. The van der Waals surface area contributed by atoms with Gasteiger partial charge in [-0.1, -0.05) is 40.9 Å². The van der Waals surface area contributed by atoms with Crippen LogP contribution in [0, 0.1) is 0 Å². The summed E-state index contributed by atoms with van der Waals surface area (Å²) in [7, 11) is -1.98. The summed E-state index contributed by atoms with van der Waals surface area (Å²) < 4.78 is 28.3. The smallest absolute Gasteiger partial charge is 0.268 e. The molecule has 1 aliphatic carbocycles. The third-order valence-electron chi connectivity index (χ3n) is 5.01. The zero-order valence-corrected chi connectivity index (χ0v) is 18.0. The second-order valence-electron chi connectivity index (χ2n) is 6.71. The first-order valence-electron chi connectivity index (χ1n) is 8.70. The summed E-state index contributed by atoms with van der Waals surface area (Å²) in [5, 5.41) is 4.52. The molecule has 0 radical (unpaired) electrons. The number of hydrogen-bond acceptors (Lipinski definition) is 3. The van der Waals surface area contributed by atoms with Crippen LogP contribution >= 0.6 is 34.8 Å². The molecule has 4 rings (SSSR count). The normalized spacial score (nSPS) is 16.4. The topological polar surface area (TPSA) is 51.1 Å². The highest BCUT2D eigenvalue weighted by Crippen LogP contribution is 2.42. The predicted molar refractivity (Wildman–Crippen MR) is 114 cm³/mol. The van der Waals surface area contributed by atoms with E-state index in [0.29, 0.717) is 26.3 Å². The lowest BCUT2D eigenvalue weighted by atomic mass is 10.1. The molecule has 146 valence electrons. The van der Waals surface area contributed by atoms with Gasteiger partial charge in [-0.2, -0.15) is 0 Å². The Hall–Kier alpha value is -1.50. The number of nitrogens with zero attached hydrogens (tertiary/aromatic N) is 1. The van der Waals surface area contributed by atoms with Crippen molar-refractivity contribution in [1.82, 2.24) is 9.29 Å². The van der Waals surface area contributed by atoms with Gasteiger partial charge in [0.05, 0.1) is 10.6 Å². The van der Waals surface area contributed by atoms with E-state index < -0.39 is 10.0 Å². The summed E-state index contributed by atoms with van der Waals surface area (Å²) in [6.45, 7) is 0. The Labute approximate surface area is 179 Å². The van der Waals surface area contributed by atoms with Crippen LogP contribution in [0.4, 0.5) is 0 Å². The molecule has 4 nitrogen and oxygen atoms in total. The van der Waals surface area contributed by atoms with Gasteiger partial charge in [0, 0.05) is 32.9 Å². The molecule has 0 bridgehead atoms. The highest BCUT2D eigenvalue weighted by Gasteiger charge is 2.32. The molecular formula is C20H17Cl3N2O2S. The second kappa shape index (κ2) is 7.39. The van der Waals surface area contributed by atoms with Crippen molar-refractivity contribution in [2.24, 2.45) is 0 Å². The average Bonchev–Trinajstić information content (AvgIpc) is 3.19. The monoisotopic (exact) mass is 454 g/mol. The number of nitrogens with one attached hydrogen (secondary N) is 1. The molecule has 2 aromatic carbocycles. The SMILES string of the molecule is CNC1CCc2c1cn(S(=O)(=O)c1cccc(Cl)c1)c2-c1cc(Cl)cc(Cl)c1. The van der Waals surface area contributed by atoms with Crippen molar-refractivity contribution in [3.8, 4) is 11.3 Å². The van der Waals surface area contributed by atoms with Gasteiger partial charge in [-0.25, -0.2) is 12.4 Å². The van der Waals surface area contributed by atoms with Crippen molar-refractivity contribution in [2.75, 3.05) is 7.05 Å². The van der Waals surface area contributed by atoms with Gasteiger partial charge in [0.2, 0.25) is 0 Å². The van der Waals surface area contributed by atoms with Gasteiger partial charge < -0.3 is 5.32 Å². The average molecular weight is 456 g/mol. The van der Waals surface area contributed by atoms with E-state index in [1.165, 1.54) is 16.1 Å². The number of fused-ring (bicyclic) bond motifs is 1. The van der Waals surface area contributed by atoms with Gasteiger partial charge in [-0.3, -0.25) is 0 Å². The van der Waals surface area contributed by atoms with Crippen molar-refractivity contribution in [3.05, 3.63) is 74.9 Å². The van der Waals surface area contributed by atoms with Gasteiger partial charge in [-0.05, 0) is 67.4 Å². The van der Waals surface area contributed by atoms with E-state index in [1.54, 1.807) is 36.5 Å². The molecule has 0 amide bonds. The van der Waals surface area contributed by atoms with E-state index in [1.807, 2.05) is 7.05 Å². The molecule has 1 aliphatic rings. The summed E-state index contributed by atoms with van der Waals surface area (Å²) in [6.07, 6.45) is 3.36. The first-order chi connectivity index (χ1) is 13.3. The lowest BCUT2D eigenvalue weighted by Crippen LogP contribution is -2.16. The van der Waals surface area contributed by atoms with Crippen molar-refractivity contribution >= 4 is 44.8 Å². The lowest BCUT2D eigenvalue weighted by Gasteiger charge is -2.14. The minimum absolute atomic E-state index is 0.0965. The number of benzene rings is 2. The minimum atomic E-state index is -3.86. The highest BCUT2D eigenvalue weighted by atomic mass is 35.5. The van der Waals surface area contributed by atoms with Crippen LogP contribution in [0.5, 0.6) is 0 Å². The summed E-state index contributed by atoms with van der Waals surface area (Å²) in [5.41, 5.74) is 3.22. The molecule has 1 N–H and O–H groups in total. The molecule has 1 atom stereocenters. The molecule has 0 aliphatic heterocycles. The summed E-state index contributed by atoms with van der Waals surface area (Å²) in [6, 6.07) is 11.5. The van der Waals surface area contributed by atoms with Crippen LogP contribution in [-0.2, 0) is 16.4 Å². The number of aromatic nitrogens is 1. The van der Waals surface area contributed by atoms with E-state index in [9.17, 15) is 8.42 Å². The molecule has 1 unspecified atom stereocenters. The number of hydrogen-bond donors (Lipinski definition) is 1. The zero-order chi connectivity index (χ0) is 20.1. The van der Waals surface area contributed by atoms with Crippen LogP contribution < -0.4 is 5.32 Å². The summed E-state index contributed by atoms with van der Waals surface area (Å²) in [5.74, 6) is 0. The van der Waals surface area contributed by atoms with Crippen LogP contribution in [0.1, 0.15) is 23.6 Å². The molecule has 0 fully saturated rings. The standard InChI is InChI=1S/C20H17Cl3N2O2S/c1-24-19-6-5-17-18(19)11-25(20(17)12-7-14(22)9-15(23)8-12)28(26,27)16-4-2-3-13(21)10-16/h2-4,7-11,19,24H,5-6H2,1H3. The molecule has 1 heterocycles. The van der Waals surface area contributed by atoms with Gasteiger partial charge in [0.25, 0.3) is 10.0 Å². The molecule has 3 aromatic rings. The Balaban J connectivity index is 2.00. The van der Waals surface area contributed by atoms with Gasteiger partial charge in [0.1, 0.15) is 0 Å². The Morgan fingerprint density at radius 3 is 2.39 bits per heavy atom. The Morgan fingerprint density at radius 2 is 1.75 bits per heavy atom. The third-order valence-corrected chi connectivity index (χ3v) is 7.33. The molecule has 8 heteroatoms. The van der Waals surface area contributed by atoms with Crippen LogP contribution in [0.3, 0.4) is 0 Å². The van der Waals surface area contributed by atoms with Gasteiger partial charge >= 0.3 is 0 Å². The Bertz CT molecular complexity index is 1150. The first-order valence-corrected chi connectivity index (χ1v) is 11.3. The van der Waals surface area contributed by atoms with Crippen molar-refractivity contribution in [2.45, 2.75) is 23.8 Å². The first kappa shape index (κ1) is 19.8. The maximum Gasteiger partial charge on any atom is 0.268 e. The molecule has 1 aromatic heterocycles. The van der Waals surface area contributed by atoms with Gasteiger partial charge in [0.15, 0.2) is 0 Å². The maximum atomic E-state index is 13.5. The Morgan fingerprint density at radius 1 is 1.04 bits per heavy atom. The van der Waals surface area contributed by atoms with Crippen LogP contribution in [0.25, 0.3) is 11.3 Å². The number of rotatable bonds is 4. The van der Waals surface area contributed by atoms with Crippen molar-refractivity contribution in [1.29, 1.82) is 0 Å². The van der Waals surface area contributed by atoms with Crippen molar-refractivity contribution in [3.63, 3.8) is 0 Å². The Kier molecular flexibility index (Phi) is 5.23. The van der Waals surface area contributed by atoms with Crippen LogP contribution in [0.15, 0.2) is 53.6 Å². The lowest BCUT2D eigenvalue weighted by molar-refractivity contribution is 0.579. The van der Waals surface area contributed by atoms with E-state index in [2.05, 4.69) is 5.32 Å². The predicted octanol–water partition coefficient (Wildman–Crippen LogP) is 5.56. The fourth-order valence-corrected chi connectivity index (χ4v) is 6.01. The van der Waals surface area contributed by atoms with Gasteiger partial charge in [-0.15, -0.1) is 0 Å². The molecule has 0 saturated heterocycles. The zero-order valence-electron chi connectivity index (χ0n) is 14.9. The van der Waals surface area contributed by atoms with E-state index in [0.717, 1.165) is 24.0 Å². The number of halogens is 3. The molecule has 0 saturated carbocycles. The molecular weight excluding hydrogens is 439 g/mol. The van der Waals surface area contributed by atoms with Crippen LogP contribution in [-0.4, -0.2) is 19.4 Å². The van der Waals surface area contributed by atoms with Crippen molar-refractivity contribution < 1.29 is 8.42 Å². The molecule has 0 spiro atoms. The van der Waals surface area contributed by atoms with E-state index in [-0.39, 0.29) is 10.9 Å². The quantitative estimate of drug-likeness (QED) is 0.560. The second-order valence-corrected chi connectivity index (χ2v) is 9.83.